The largest absolute Gasteiger partial charge is 0.497 e. The summed E-state index contributed by atoms with van der Waals surface area (Å²) in [5.74, 6) is 1.48. The van der Waals surface area contributed by atoms with Gasteiger partial charge in [-0.15, -0.1) is 0 Å². The Hall–Kier alpha value is -3.22. The summed E-state index contributed by atoms with van der Waals surface area (Å²) < 4.78 is 8.54. The molecule has 1 saturated carbocycles. The highest BCUT2D eigenvalue weighted by Gasteiger charge is 2.19. The van der Waals surface area contributed by atoms with Gasteiger partial charge in [-0.3, -0.25) is 0 Å². The van der Waals surface area contributed by atoms with Gasteiger partial charge < -0.3 is 14.5 Å². The Morgan fingerprint density at radius 3 is 1.94 bits per heavy atom. The lowest BCUT2D eigenvalue weighted by Gasteiger charge is -2.37. The number of aromatic nitrogens is 3. The van der Waals surface area contributed by atoms with E-state index in [9.17, 15) is 4.79 Å². The predicted octanol–water partition coefficient (Wildman–Crippen LogP) is 3.56. The zero-order valence-electron chi connectivity index (χ0n) is 18.7. The maximum absolute atomic E-state index is 12.8. The smallest absolute Gasteiger partial charge is 0.350 e. The molecule has 0 bridgehead atoms. The molecule has 1 saturated heterocycles. The Morgan fingerprint density at radius 1 is 0.844 bits per heavy atom. The number of methoxy groups -OCH3 is 1. The molecule has 2 aliphatic rings. The number of hydrogen-bond donors (Lipinski definition) is 0. The maximum Gasteiger partial charge on any atom is 0.350 e. The molecule has 0 unspecified atom stereocenters. The van der Waals surface area contributed by atoms with Crippen molar-refractivity contribution in [2.75, 3.05) is 43.1 Å². The first-order valence-corrected chi connectivity index (χ1v) is 11.6. The fourth-order valence-corrected chi connectivity index (χ4v) is 4.92. The van der Waals surface area contributed by atoms with Gasteiger partial charge in [-0.25, -0.2) is 14.0 Å². The Kier molecular flexibility index (Phi) is 5.88. The van der Waals surface area contributed by atoms with Crippen LogP contribution in [0.3, 0.4) is 0 Å². The van der Waals surface area contributed by atoms with Gasteiger partial charge in [-0.2, -0.15) is 5.10 Å². The van der Waals surface area contributed by atoms with Crippen LogP contribution in [-0.2, 0) is 6.54 Å². The highest BCUT2D eigenvalue weighted by molar-refractivity contribution is 5.54. The Labute approximate surface area is 188 Å². The molecule has 168 valence electrons. The molecular formula is C25H31N5O2. The Bertz CT molecular complexity index is 1070. The summed E-state index contributed by atoms with van der Waals surface area (Å²) in [7, 11) is 1.69. The van der Waals surface area contributed by atoms with Crippen molar-refractivity contribution < 1.29 is 4.74 Å². The lowest BCUT2D eigenvalue weighted by molar-refractivity contribution is 0.415. The van der Waals surface area contributed by atoms with E-state index < -0.39 is 0 Å². The summed E-state index contributed by atoms with van der Waals surface area (Å²) in [4.78, 5) is 17.6. The molecule has 0 atom stereocenters. The molecule has 7 heteroatoms. The van der Waals surface area contributed by atoms with Crippen LogP contribution in [0.4, 0.5) is 11.4 Å². The first kappa shape index (κ1) is 20.7. The second kappa shape index (κ2) is 9.10. The number of hydrogen-bond acceptors (Lipinski definition) is 5. The molecule has 3 aromatic rings. The zero-order valence-corrected chi connectivity index (χ0v) is 18.7. The third kappa shape index (κ3) is 4.24. The van der Waals surface area contributed by atoms with Crippen molar-refractivity contribution in [1.29, 1.82) is 0 Å². The molecule has 1 aromatic heterocycles. The summed E-state index contributed by atoms with van der Waals surface area (Å²) in [5, 5.41) is 4.36. The number of benzene rings is 2. The SMILES string of the molecule is COc1ccc(N2CCN(c3ccc(-n4cnn(CC5CCCC5)c4=O)cc3)CC2)cc1. The average Bonchev–Trinajstić information content (AvgIpc) is 3.50. The minimum absolute atomic E-state index is 0.0437. The van der Waals surface area contributed by atoms with Gasteiger partial charge in [-0.1, -0.05) is 12.8 Å². The average molecular weight is 434 g/mol. The first-order chi connectivity index (χ1) is 15.7. The molecule has 1 aliphatic carbocycles. The third-order valence-electron chi connectivity index (χ3n) is 6.85. The van der Waals surface area contributed by atoms with E-state index in [2.05, 4.69) is 39.2 Å². The van der Waals surface area contributed by atoms with E-state index in [0.717, 1.165) is 44.2 Å². The minimum Gasteiger partial charge on any atom is -0.497 e. The van der Waals surface area contributed by atoms with Gasteiger partial charge in [0.25, 0.3) is 0 Å². The van der Waals surface area contributed by atoms with Crippen LogP contribution in [0.2, 0.25) is 0 Å². The first-order valence-electron chi connectivity index (χ1n) is 11.6. The Balaban J connectivity index is 1.22. The van der Waals surface area contributed by atoms with Crippen LogP contribution < -0.4 is 20.2 Å². The van der Waals surface area contributed by atoms with Gasteiger partial charge in [0.2, 0.25) is 0 Å². The van der Waals surface area contributed by atoms with E-state index in [-0.39, 0.29) is 5.69 Å². The van der Waals surface area contributed by atoms with Crippen molar-refractivity contribution >= 4 is 11.4 Å². The van der Waals surface area contributed by atoms with E-state index in [0.29, 0.717) is 5.92 Å². The van der Waals surface area contributed by atoms with Crippen LogP contribution in [-0.4, -0.2) is 47.6 Å². The monoisotopic (exact) mass is 433 g/mol. The van der Waals surface area contributed by atoms with E-state index >= 15 is 0 Å². The lowest BCUT2D eigenvalue weighted by Crippen LogP contribution is -2.46. The van der Waals surface area contributed by atoms with Crippen molar-refractivity contribution in [2.45, 2.75) is 32.2 Å². The van der Waals surface area contributed by atoms with E-state index in [1.165, 1.54) is 37.1 Å². The molecule has 0 amide bonds. The lowest BCUT2D eigenvalue weighted by atomic mass is 10.1. The predicted molar refractivity (Wildman–Crippen MR) is 127 cm³/mol. The van der Waals surface area contributed by atoms with Crippen LogP contribution in [0.1, 0.15) is 25.7 Å². The van der Waals surface area contributed by atoms with Gasteiger partial charge >= 0.3 is 5.69 Å². The molecule has 2 fully saturated rings. The highest BCUT2D eigenvalue weighted by Crippen LogP contribution is 2.26. The molecule has 1 aliphatic heterocycles. The van der Waals surface area contributed by atoms with Crippen molar-refractivity contribution in [1.82, 2.24) is 14.3 Å². The van der Waals surface area contributed by atoms with Crippen LogP contribution in [0.5, 0.6) is 5.75 Å². The van der Waals surface area contributed by atoms with Crippen LogP contribution in [0, 0.1) is 5.92 Å². The van der Waals surface area contributed by atoms with Crippen molar-refractivity contribution in [3.05, 3.63) is 65.3 Å². The third-order valence-corrected chi connectivity index (χ3v) is 6.85. The summed E-state index contributed by atoms with van der Waals surface area (Å²) in [5.41, 5.74) is 3.25. The number of anilines is 2. The van der Waals surface area contributed by atoms with Crippen molar-refractivity contribution in [2.24, 2.45) is 5.92 Å². The fraction of sp³-hybridized carbons (Fsp3) is 0.440. The van der Waals surface area contributed by atoms with E-state index in [1.54, 1.807) is 22.7 Å². The van der Waals surface area contributed by atoms with Gasteiger partial charge in [0, 0.05) is 44.1 Å². The van der Waals surface area contributed by atoms with Gasteiger partial charge in [0.05, 0.1) is 12.8 Å². The quantitative estimate of drug-likeness (QED) is 0.595. The molecular weight excluding hydrogens is 402 g/mol. The molecule has 0 spiro atoms. The number of ether oxygens (including phenoxy) is 1. The standard InChI is InChI=1S/C25H31N5O2/c1-32-24-12-10-22(11-13-24)28-16-14-27(15-17-28)21-6-8-23(9-7-21)29-19-26-30(25(29)31)18-20-4-2-3-5-20/h6-13,19-20H,2-5,14-18H2,1H3. The molecule has 5 rings (SSSR count). The summed E-state index contributed by atoms with van der Waals surface area (Å²) >= 11 is 0. The van der Waals surface area contributed by atoms with Crippen LogP contribution >= 0.6 is 0 Å². The van der Waals surface area contributed by atoms with E-state index in [1.807, 2.05) is 24.3 Å². The molecule has 0 radical (unpaired) electrons. The number of rotatable bonds is 6. The van der Waals surface area contributed by atoms with Gasteiger partial charge in [-0.05, 0) is 67.3 Å². The molecule has 0 N–H and O–H groups in total. The van der Waals surface area contributed by atoms with Gasteiger partial charge in [0.15, 0.2) is 0 Å². The topological polar surface area (TPSA) is 55.5 Å². The number of piperazine rings is 1. The maximum atomic E-state index is 12.8. The van der Waals surface area contributed by atoms with E-state index in [4.69, 9.17) is 4.74 Å². The molecule has 2 heterocycles. The van der Waals surface area contributed by atoms with Crippen LogP contribution in [0.25, 0.3) is 5.69 Å². The Morgan fingerprint density at radius 2 is 1.38 bits per heavy atom. The van der Waals surface area contributed by atoms with Crippen molar-refractivity contribution in [3.8, 4) is 11.4 Å². The molecule has 7 nitrogen and oxygen atoms in total. The van der Waals surface area contributed by atoms with Crippen LogP contribution in [0.15, 0.2) is 59.7 Å². The van der Waals surface area contributed by atoms with Crippen molar-refractivity contribution in [3.63, 3.8) is 0 Å². The highest BCUT2D eigenvalue weighted by atomic mass is 16.5. The second-order valence-corrected chi connectivity index (χ2v) is 8.80. The fourth-order valence-electron chi connectivity index (χ4n) is 4.92. The summed E-state index contributed by atoms with van der Waals surface area (Å²) in [6, 6.07) is 16.5. The second-order valence-electron chi connectivity index (χ2n) is 8.80. The van der Waals surface area contributed by atoms with Gasteiger partial charge in [0.1, 0.15) is 12.1 Å². The minimum atomic E-state index is -0.0437. The zero-order chi connectivity index (χ0) is 21.9. The number of nitrogens with zero attached hydrogens (tertiary/aromatic N) is 5. The molecule has 32 heavy (non-hydrogen) atoms. The summed E-state index contributed by atoms with van der Waals surface area (Å²) in [6.45, 7) is 4.61. The molecule has 2 aromatic carbocycles. The summed E-state index contributed by atoms with van der Waals surface area (Å²) in [6.07, 6.45) is 6.62. The normalized spacial score (nSPS) is 17.2.